The SMILES string of the molecule is C=C/C=C\C(=C/C)N1CCC(N2CCCC2)CC1. The zero-order valence-corrected chi connectivity index (χ0v) is 11.6. The Balaban J connectivity index is 1.85. The van der Waals surface area contributed by atoms with E-state index in [1.165, 1.54) is 57.6 Å². The monoisotopic (exact) mass is 246 g/mol. The van der Waals surface area contributed by atoms with Gasteiger partial charge >= 0.3 is 0 Å². The summed E-state index contributed by atoms with van der Waals surface area (Å²) < 4.78 is 0. The predicted molar refractivity (Wildman–Crippen MR) is 78.5 cm³/mol. The summed E-state index contributed by atoms with van der Waals surface area (Å²) in [7, 11) is 0. The summed E-state index contributed by atoms with van der Waals surface area (Å²) in [5, 5.41) is 0. The minimum absolute atomic E-state index is 0.838. The molecule has 0 spiro atoms. The molecule has 100 valence electrons. The van der Waals surface area contributed by atoms with Crippen LogP contribution in [0.1, 0.15) is 32.6 Å². The summed E-state index contributed by atoms with van der Waals surface area (Å²) >= 11 is 0. The Morgan fingerprint density at radius 3 is 2.33 bits per heavy atom. The average molecular weight is 246 g/mol. The van der Waals surface area contributed by atoms with E-state index in [2.05, 4.69) is 35.5 Å². The van der Waals surface area contributed by atoms with Crippen LogP contribution < -0.4 is 0 Å². The molecule has 0 atom stereocenters. The molecule has 0 aromatic rings. The number of allylic oxidation sites excluding steroid dienone is 4. The normalized spacial score (nSPS) is 24.1. The van der Waals surface area contributed by atoms with Gasteiger partial charge in [0, 0.05) is 24.8 Å². The van der Waals surface area contributed by atoms with Crippen LogP contribution in [-0.2, 0) is 0 Å². The maximum Gasteiger partial charge on any atom is 0.0322 e. The van der Waals surface area contributed by atoms with E-state index in [9.17, 15) is 0 Å². The van der Waals surface area contributed by atoms with Crippen molar-refractivity contribution in [3.63, 3.8) is 0 Å². The zero-order chi connectivity index (χ0) is 12.8. The number of hydrogen-bond donors (Lipinski definition) is 0. The molecule has 2 fully saturated rings. The number of nitrogens with zero attached hydrogens (tertiary/aromatic N) is 2. The van der Waals surface area contributed by atoms with Crippen LogP contribution in [0, 0.1) is 0 Å². The van der Waals surface area contributed by atoms with Crippen molar-refractivity contribution in [1.29, 1.82) is 0 Å². The van der Waals surface area contributed by atoms with Crippen molar-refractivity contribution in [2.45, 2.75) is 38.6 Å². The molecule has 2 aliphatic rings. The number of hydrogen-bond acceptors (Lipinski definition) is 2. The molecular formula is C16H26N2. The fourth-order valence-electron chi connectivity index (χ4n) is 3.15. The van der Waals surface area contributed by atoms with E-state index in [1.807, 2.05) is 12.2 Å². The van der Waals surface area contributed by atoms with Gasteiger partial charge in [-0.05, 0) is 51.8 Å². The highest BCUT2D eigenvalue weighted by Crippen LogP contribution is 2.23. The van der Waals surface area contributed by atoms with Crippen molar-refractivity contribution >= 4 is 0 Å². The molecule has 0 aliphatic carbocycles. The Morgan fingerprint density at radius 2 is 1.78 bits per heavy atom. The van der Waals surface area contributed by atoms with Gasteiger partial charge in [0.2, 0.25) is 0 Å². The van der Waals surface area contributed by atoms with Crippen LogP contribution in [0.3, 0.4) is 0 Å². The van der Waals surface area contributed by atoms with E-state index in [0.29, 0.717) is 0 Å². The highest BCUT2D eigenvalue weighted by molar-refractivity contribution is 5.20. The van der Waals surface area contributed by atoms with Gasteiger partial charge in [-0.15, -0.1) is 0 Å². The Morgan fingerprint density at radius 1 is 1.11 bits per heavy atom. The van der Waals surface area contributed by atoms with Crippen molar-refractivity contribution in [1.82, 2.24) is 9.80 Å². The first-order valence-electron chi connectivity index (χ1n) is 7.29. The van der Waals surface area contributed by atoms with E-state index in [4.69, 9.17) is 0 Å². The van der Waals surface area contributed by atoms with Crippen LogP contribution >= 0.6 is 0 Å². The van der Waals surface area contributed by atoms with Gasteiger partial charge < -0.3 is 9.80 Å². The zero-order valence-electron chi connectivity index (χ0n) is 11.6. The van der Waals surface area contributed by atoms with Gasteiger partial charge in [-0.1, -0.05) is 24.8 Å². The van der Waals surface area contributed by atoms with E-state index in [-0.39, 0.29) is 0 Å². The number of likely N-dealkylation sites (tertiary alicyclic amines) is 2. The van der Waals surface area contributed by atoms with Crippen molar-refractivity contribution in [2.24, 2.45) is 0 Å². The summed E-state index contributed by atoms with van der Waals surface area (Å²) in [6, 6.07) is 0.838. The third-order valence-corrected chi connectivity index (χ3v) is 4.19. The van der Waals surface area contributed by atoms with Crippen molar-refractivity contribution in [3.8, 4) is 0 Å². The molecule has 2 aliphatic heterocycles. The van der Waals surface area contributed by atoms with Crippen LogP contribution in [0.5, 0.6) is 0 Å². The molecule has 0 radical (unpaired) electrons. The summed E-state index contributed by atoms with van der Waals surface area (Å²) in [6.07, 6.45) is 13.7. The Kier molecular flexibility index (Phi) is 5.06. The summed E-state index contributed by atoms with van der Waals surface area (Å²) in [6.45, 7) is 10.9. The average Bonchev–Trinajstić information content (AvgIpc) is 2.94. The molecule has 2 heterocycles. The second kappa shape index (κ2) is 6.79. The third kappa shape index (κ3) is 3.26. The smallest absolute Gasteiger partial charge is 0.0322 e. The van der Waals surface area contributed by atoms with Crippen LogP contribution in [0.25, 0.3) is 0 Å². The lowest BCUT2D eigenvalue weighted by Gasteiger charge is -2.38. The van der Waals surface area contributed by atoms with Gasteiger partial charge in [0.1, 0.15) is 0 Å². The largest absolute Gasteiger partial charge is 0.372 e. The lowest BCUT2D eigenvalue weighted by molar-refractivity contribution is 0.149. The number of rotatable bonds is 4. The maximum absolute atomic E-state index is 3.74. The minimum atomic E-state index is 0.838. The topological polar surface area (TPSA) is 6.48 Å². The van der Waals surface area contributed by atoms with Gasteiger partial charge in [-0.25, -0.2) is 0 Å². The molecule has 0 aromatic carbocycles. The first-order chi connectivity index (χ1) is 8.85. The van der Waals surface area contributed by atoms with E-state index >= 15 is 0 Å². The standard InChI is InChI=1S/C16H26N2/c1-3-5-8-15(4-2)18-13-9-16(10-14-18)17-11-6-7-12-17/h3-5,8,16H,1,6-7,9-14H2,2H3/b8-5-,15-4+. The first-order valence-corrected chi connectivity index (χ1v) is 7.29. The van der Waals surface area contributed by atoms with Gasteiger partial charge in [-0.2, -0.15) is 0 Å². The highest BCUT2D eigenvalue weighted by Gasteiger charge is 2.26. The molecule has 0 aromatic heterocycles. The highest BCUT2D eigenvalue weighted by atomic mass is 15.2. The Hall–Kier alpha value is -1.02. The fraction of sp³-hybridized carbons (Fsp3) is 0.625. The molecule has 0 unspecified atom stereocenters. The molecule has 18 heavy (non-hydrogen) atoms. The lowest BCUT2D eigenvalue weighted by Crippen LogP contribution is -2.43. The van der Waals surface area contributed by atoms with E-state index < -0.39 is 0 Å². The molecule has 2 heteroatoms. The van der Waals surface area contributed by atoms with Crippen LogP contribution in [0.2, 0.25) is 0 Å². The minimum Gasteiger partial charge on any atom is -0.372 e. The lowest BCUT2D eigenvalue weighted by atomic mass is 10.0. The quantitative estimate of drug-likeness (QED) is 0.703. The summed E-state index contributed by atoms with van der Waals surface area (Å²) in [5.74, 6) is 0. The van der Waals surface area contributed by atoms with Crippen molar-refractivity contribution in [2.75, 3.05) is 26.2 Å². The van der Waals surface area contributed by atoms with E-state index in [1.54, 1.807) is 0 Å². The second-order valence-electron chi connectivity index (χ2n) is 5.27. The molecular weight excluding hydrogens is 220 g/mol. The summed E-state index contributed by atoms with van der Waals surface area (Å²) in [5.41, 5.74) is 1.34. The molecule has 0 bridgehead atoms. The second-order valence-corrected chi connectivity index (χ2v) is 5.27. The Labute approximate surface area is 112 Å². The van der Waals surface area contributed by atoms with Crippen molar-refractivity contribution in [3.05, 3.63) is 36.6 Å². The summed E-state index contributed by atoms with van der Waals surface area (Å²) in [4.78, 5) is 5.21. The first kappa shape index (κ1) is 13.4. The third-order valence-electron chi connectivity index (χ3n) is 4.19. The molecule has 0 amide bonds. The predicted octanol–water partition coefficient (Wildman–Crippen LogP) is 3.19. The van der Waals surface area contributed by atoms with Gasteiger partial charge in [0.05, 0.1) is 0 Å². The van der Waals surface area contributed by atoms with Gasteiger partial charge in [0.15, 0.2) is 0 Å². The van der Waals surface area contributed by atoms with Gasteiger partial charge in [0.25, 0.3) is 0 Å². The molecule has 2 saturated heterocycles. The van der Waals surface area contributed by atoms with Crippen molar-refractivity contribution < 1.29 is 0 Å². The molecule has 0 saturated carbocycles. The van der Waals surface area contributed by atoms with Crippen LogP contribution in [-0.4, -0.2) is 42.0 Å². The van der Waals surface area contributed by atoms with Crippen LogP contribution in [0.15, 0.2) is 36.6 Å². The number of piperidine rings is 1. The molecule has 2 rings (SSSR count). The van der Waals surface area contributed by atoms with Gasteiger partial charge in [-0.3, -0.25) is 0 Å². The molecule has 0 N–H and O–H groups in total. The van der Waals surface area contributed by atoms with Crippen LogP contribution in [0.4, 0.5) is 0 Å². The molecule has 2 nitrogen and oxygen atoms in total. The maximum atomic E-state index is 3.74. The fourth-order valence-corrected chi connectivity index (χ4v) is 3.15. The Bertz CT molecular complexity index is 316. The van der Waals surface area contributed by atoms with E-state index in [0.717, 1.165) is 6.04 Å².